The smallest absolute Gasteiger partial charge is 0.416 e. The third kappa shape index (κ3) is 4.14. The van der Waals surface area contributed by atoms with E-state index in [1.807, 2.05) is 12.1 Å². The Labute approximate surface area is 126 Å². The van der Waals surface area contributed by atoms with Crippen molar-refractivity contribution in [3.8, 4) is 11.5 Å². The Hall–Kier alpha value is -2.21. The van der Waals surface area contributed by atoms with E-state index in [-0.39, 0.29) is 12.6 Å². The molecule has 0 aromatic heterocycles. The first-order valence-corrected chi connectivity index (χ1v) is 6.60. The third-order valence-corrected chi connectivity index (χ3v) is 3.16. The Morgan fingerprint density at radius 3 is 2.00 bits per heavy atom. The first kappa shape index (κ1) is 16.2. The SMILES string of the molecule is COc1ccc(C(N)COc2ccc(C(F)(F)F)cc2)cc1. The van der Waals surface area contributed by atoms with Gasteiger partial charge in [0.15, 0.2) is 0 Å². The topological polar surface area (TPSA) is 44.5 Å². The molecule has 0 aliphatic rings. The molecule has 0 aliphatic carbocycles. The van der Waals surface area contributed by atoms with Gasteiger partial charge in [0.25, 0.3) is 0 Å². The lowest BCUT2D eigenvalue weighted by Gasteiger charge is -2.14. The van der Waals surface area contributed by atoms with Crippen LogP contribution in [0.5, 0.6) is 11.5 Å². The second kappa shape index (κ2) is 6.70. The van der Waals surface area contributed by atoms with Gasteiger partial charge >= 0.3 is 6.18 Å². The van der Waals surface area contributed by atoms with E-state index in [1.165, 1.54) is 12.1 Å². The summed E-state index contributed by atoms with van der Waals surface area (Å²) in [5.41, 5.74) is 6.13. The van der Waals surface area contributed by atoms with E-state index in [0.29, 0.717) is 5.75 Å². The predicted octanol–water partition coefficient (Wildman–Crippen LogP) is 3.79. The van der Waals surface area contributed by atoms with Crippen LogP contribution in [-0.2, 0) is 6.18 Å². The maximum Gasteiger partial charge on any atom is 0.416 e. The molecule has 0 amide bonds. The van der Waals surface area contributed by atoms with Crippen LogP contribution in [0.2, 0.25) is 0 Å². The number of methoxy groups -OCH3 is 1. The van der Waals surface area contributed by atoms with Gasteiger partial charge in [0.05, 0.1) is 18.7 Å². The number of rotatable bonds is 5. The van der Waals surface area contributed by atoms with E-state index in [2.05, 4.69) is 0 Å². The van der Waals surface area contributed by atoms with E-state index < -0.39 is 11.7 Å². The third-order valence-electron chi connectivity index (χ3n) is 3.16. The number of alkyl halides is 3. The molecule has 3 nitrogen and oxygen atoms in total. The average Bonchev–Trinajstić information content (AvgIpc) is 2.52. The number of ether oxygens (including phenoxy) is 2. The first-order valence-electron chi connectivity index (χ1n) is 6.60. The lowest BCUT2D eigenvalue weighted by Crippen LogP contribution is -2.19. The number of halogens is 3. The van der Waals surface area contributed by atoms with E-state index in [4.69, 9.17) is 15.2 Å². The van der Waals surface area contributed by atoms with Crippen LogP contribution in [0.25, 0.3) is 0 Å². The summed E-state index contributed by atoms with van der Waals surface area (Å²) in [6, 6.07) is 11.4. The molecule has 6 heteroatoms. The van der Waals surface area contributed by atoms with Crippen LogP contribution in [-0.4, -0.2) is 13.7 Å². The summed E-state index contributed by atoms with van der Waals surface area (Å²) in [6.45, 7) is 0.164. The molecule has 0 heterocycles. The minimum atomic E-state index is -4.35. The van der Waals surface area contributed by atoms with Crippen LogP contribution in [0.4, 0.5) is 13.2 Å². The molecular formula is C16H16F3NO2. The molecule has 0 aliphatic heterocycles. The largest absolute Gasteiger partial charge is 0.497 e. The summed E-state index contributed by atoms with van der Waals surface area (Å²) in [4.78, 5) is 0. The lowest BCUT2D eigenvalue weighted by atomic mass is 10.1. The summed E-state index contributed by atoms with van der Waals surface area (Å²) in [7, 11) is 1.57. The summed E-state index contributed by atoms with van der Waals surface area (Å²) >= 11 is 0. The van der Waals surface area contributed by atoms with Crippen LogP contribution < -0.4 is 15.2 Å². The molecule has 0 saturated heterocycles. The molecule has 0 saturated carbocycles. The standard InChI is InChI=1S/C16H16F3NO2/c1-21-13-6-2-11(3-7-13)15(20)10-22-14-8-4-12(5-9-14)16(17,18)19/h2-9,15H,10,20H2,1H3. The fourth-order valence-electron chi connectivity index (χ4n) is 1.87. The Balaban J connectivity index is 1.94. The monoisotopic (exact) mass is 311 g/mol. The minimum absolute atomic E-state index is 0.164. The molecule has 1 atom stereocenters. The van der Waals surface area contributed by atoms with Crippen molar-refractivity contribution in [2.45, 2.75) is 12.2 Å². The first-order chi connectivity index (χ1) is 10.4. The highest BCUT2D eigenvalue weighted by Crippen LogP contribution is 2.30. The summed E-state index contributed by atoms with van der Waals surface area (Å²) in [5, 5.41) is 0. The highest BCUT2D eigenvalue weighted by molar-refractivity contribution is 5.30. The van der Waals surface area contributed by atoms with Crippen molar-refractivity contribution in [3.05, 3.63) is 59.7 Å². The van der Waals surface area contributed by atoms with Gasteiger partial charge in [-0.3, -0.25) is 0 Å². The molecule has 0 fully saturated rings. The summed E-state index contributed by atoms with van der Waals surface area (Å²) in [5.74, 6) is 1.07. The highest BCUT2D eigenvalue weighted by atomic mass is 19.4. The van der Waals surface area contributed by atoms with Crippen LogP contribution >= 0.6 is 0 Å². The zero-order chi connectivity index (χ0) is 16.2. The maximum absolute atomic E-state index is 12.4. The summed E-state index contributed by atoms with van der Waals surface area (Å²) < 4.78 is 47.8. The molecule has 2 rings (SSSR count). The Bertz CT molecular complexity index is 594. The quantitative estimate of drug-likeness (QED) is 0.913. The van der Waals surface area contributed by atoms with Crippen molar-refractivity contribution in [3.63, 3.8) is 0 Å². The summed E-state index contributed by atoms with van der Waals surface area (Å²) in [6.07, 6.45) is -4.35. The van der Waals surface area contributed by atoms with E-state index in [0.717, 1.165) is 23.4 Å². The van der Waals surface area contributed by atoms with Crippen molar-refractivity contribution in [2.75, 3.05) is 13.7 Å². The molecule has 2 N–H and O–H groups in total. The van der Waals surface area contributed by atoms with Gasteiger partial charge in [-0.15, -0.1) is 0 Å². The molecular weight excluding hydrogens is 295 g/mol. The second-order valence-corrected chi connectivity index (χ2v) is 4.71. The Kier molecular flexibility index (Phi) is 4.92. The van der Waals surface area contributed by atoms with Crippen LogP contribution in [0.15, 0.2) is 48.5 Å². The van der Waals surface area contributed by atoms with Crippen LogP contribution in [0, 0.1) is 0 Å². The van der Waals surface area contributed by atoms with Crippen LogP contribution in [0.1, 0.15) is 17.2 Å². The fourth-order valence-corrected chi connectivity index (χ4v) is 1.87. The number of hydrogen-bond acceptors (Lipinski definition) is 3. The molecule has 2 aromatic rings. The predicted molar refractivity (Wildman–Crippen MR) is 76.9 cm³/mol. The van der Waals surface area contributed by atoms with Gasteiger partial charge < -0.3 is 15.2 Å². The molecule has 118 valence electrons. The van der Waals surface area contributed by atoms with Gasteiger partial charge in [0.1, 0.15) is 18.1 Å². The molecule has 22 heavy (non-hydrogen) atoms. The molecule has 0 bridgehead atoms. The van der Waals surface area contributed by atoms with E-state index >= 15 is 0 Å². The average molecular weight is 311 g/mol. The van der Waals surface area contributed by atoms with E-state index in [1.54, 1.807) is 19.2 Å². The Morgan fingerprint density at radius 2 is 1.50 bits per heavy atom. The fraction of sp³-hybridized carbons (Fsp3) is 0.250. The number of hydrogen-bond donors (Lipinski definition) is 1. The van der Waals surface area contributed by atoms with Crippen molar-refractivity contribution in [1.29, 1.82) is 0 Å². The highest BCUT2D eigenvalue weighted by Gasteiger charge is 2.30. The number of nitrogens with two attached hydrogens (primary N) is 1. The van der Waals surface area contributed by atoms with Crippen molar-refractivity contribution < 1.29 is 22.6 Å². The van der Waals surface area contributed by atoms with Gasteiger partial charge in [0.2, 0.25) is 0 Å². The zero-order valence-electron chi connectivity index (χ0n) is 11.9. The lowest BCUT2D eigenvalue weighted by molar-refractivity contribution is -0.137. The van der Waals surface area contributed by atoms with Crippen molar-refractivity contribution >= 4 is 0 Å². The molecule has 2 aromatic carbocycles. The van der Waals surface area contributed by atoms with Crippen molar-refractivity contribution in [1.82, 2.24) is 0 Å². The van der Waals surface area contributed by atoms with Gasteiger partial charge in [-0.2, -0.15) is 13.2 Å². The molecule has 0 spiro atoms. The second-order valence-electron chi connectivity index (χ2n) is 4.71. The molecule has 0 radical (unpaired) electrons. The number of benzene rings is 2. The van der Waals surface area contributed by atoms with Gasteiger partial charge in [-0.05, 0) is 42.0 Å². The van der Waals surface area contributed by atoms with E-state index in [9.17, 15) is 13.2 Å². The van der Waals surface area contributed by atoms with Gasteiger partial charge in [-0.1, -0.05) is 12.1 Å². The van der Waals surface area contributed by atoms with Crippen molar-refractivity contribution in [2.24, 2.45) is 5.73 Å². The van der Waals surface area contributed by atoms with Gasteiger partial charge in [-0.25, -0.2) is 0 Å². The van der Waals surface area contributed by atoms with Gasteiger partial charge in [0, 0.05) is 0 Å². The van der Waals surface area contributed by atoms with Crippen LogP contribution in [0.3, 0.4) is 0 Å². The normalized spacial score (nSPS) is 12.8. The molecule has 1 unspecified atom stereocenters. The Morgan fingerprint density at radius 1 is 0.955 bits per heavy atom. The maximum atomic E-state index is 12.4. The minimum Gasteiger partial charge on any atom is -0.497 e. The zero-order valence-corrected chi connectivity index (χ0v) is 11.9.